The molecule has 0 spiro atoms. The minimum Gasteiger partial charge on any atom is -0.325 e. The summed E-state index contributed by atoms with van der Waals surface area (Å²) in [6.45, 7) is 1.01. The molecular weight excluding hydrogens is 317 g/mol. The van der Waals surface area contributed by atoms with Crippen LogP contribution in [0.3, 0.4) is 0 Å². The van der Waals surface area contributed by atoms with E-state index in [1.165, 1.54) is 12.8 Å². The minimum atomic E-state index is -4.19. The smallest absolute Gasteiger partial charge is 0.325 e. The van der Waals surface area contributed by atoms with Gasteiger partial charge in [0.05, 0.1) is 6.54 Å². The molecule has 0 bridgehead atoms. The standard InChI is InChI=1S/C15H19F3N2O.ClH/c16-15(17,18)8-7-12-3-1-2-4-13(12)20-14(21)10-19-9-11-5-6-11;/h1-4,11,19H,5-10H2,(H,20,21);1H. The first-order valence-corrected chi connectivity index (χ1v) is 7.09. The third-order valence-electron chi connectivity index (χ3n) is 3.38. The Bertz CT molecular complexity index is 490. The normalized spacial score (nSPS) is 14.3. The van der Waals surface area contributed by atoms with Crippen LogP contribution in [-0.4, -0.2) is 25.2 Å². The van der Waals surface area contributed by atoms with Gasteiger partial charge in [-0.2, -0.15) is 13.2 Å². The van der Waals surface area contributed by atoms with Crippen LogP contribution in [0.2, 0.25) is 0 Å². The van der Waals surface area contributed by atoms with Gasteiger partial charge in [0.15, 0.2) is 0 Å². The number of alkyl halides is 3. The second-order valence-corrected chi connectivity index (χ2v) is 5.39. The van der Waals surface area contributed by atoms with Crippen molar-refractivity contribution in [2.24, 2.45) is 5.92 Å². The highest BCUT2D eigenvalue weighted by molar-refractivity contribution is 5.93. The van der Waals surface area contributed by atoms with Crippen molar-refractivity contribution in [3.8, 4) is 0 Å². The van der Waals surface area contributed by atoms with E-state index in [1.807, 2.05) is 0 Å². The van der Waals surface area contributed by atoms with Crippen molar-refractivity contribution in [2.45, 2.75) is 31.9 Å². The molecule has 7 heteroatoms. The number of halogens is 4. The SMILES string of the molecule is Cl.O=C(CNCC1CC1)Nc1ccccc1CCC(F)(F)F. The Labute approximate surface area is 134 Å². The third kappa shape index (κ3) is 7.13. The maximum atomic E-state index is 12.3. The lowest BCUT2D eigenvalue weighted by atomic mass is 10.1. The van der Waals surface area contributed by atoms with Crippen molar-refractivity contribution in [1.82, 2.24) is 5.32 Å². The van der Waals surface area contributed by atoms with E-state index in [4.69, 9.17) is 0 Å². The molecule has 1 amide bonds. The number of hydrogen-bond donors (Lipinski definition) is 2. The van der Waals surface area contributed by atoms with Crippen LogP contribution >= 0.6 is 12.4 Å². The zero-order chi connectivity index (χ0) is 15.3. The second kappa shape index (κ2) is 8.39. The zero-order valence-corrected chi connectivity index (χ0v) is 12.9. The minimum absolute atomic E-state index is 0. The maximum Gasteiger partial charge on any atom is 0.389 e. The molecule has 0 unspecified atom stereocenters. The number of hydrogen-bond acceptors (Lipinski definition) is 2. The summed E-state index contributed by atoms with van der Waals surface area (Å²) in [4.78, 5) is 11.8. The van der Waals surface area contributed by atoms with Crippen LogP contribution < -0.4 is 10.6 Å². The molecule has 3 nitrogen and oxygen atoms in total. The Kier molecular flexibility index (Phi) is 7.16. The van der Waals surface area contributed by atoms with Crippen LogP contribution in [0.4, 0.5) is 18.9 Å². The van der Waals surface area contributed by atoms with Gasteiger partial charge in [0.25, 0.3) is 0 Å². The second-order valence-electron chi connectivity index (χ2n) is 5.39. The lowest BCUT2D eigenvalue weighted by Crippen LogP contribution is -2.29. The van der Waals surface area contributed by atoms with E-state index in [0.29, 0.717) is 17.2 Å². The molecular formula is C15H20ClF3N2O. The number of para-hydroxylation sites is 1. The summed E-state index contributed by atoms with van der Waals surface area (Å²) in [5, 5.41) is 5.72. The molecule has 1 fully saturated rings. The van der Waals surface area contributed by atoms with Crippen LogP contribution in [0.25, 0.3) is 0 Å². The van der Waals surface area contributed by atoms with Gasteiger partial charge in [-0.15, -0.1) is 12.4 Å². The lowest BCUT2D eigenvalue weighted by molar-refractivity contribution is -0.133. The summed E-state index contributed by atoms with van der Waals surface area (Å²) in [7, 11) is 0. The predicted molar refractivity (Wildman–Crippen MR) is 82.3 cm³/mol. The fraction of sp³-hybridized carbons (Fsp3) is 0.533. The van der Waals surface area contributed by atoms with Crippen molar-refractivity contribution in [2.75, 3.05) is 18.4 Å². The van der Waals surface area contributed by atoms with E-state index in [9.17, 15) is 18.0 Å². The predicted octanol–water partition coefficient (Wildman–Crippen LogP) is 3.54. The van der Waals surface area contributed by atoms with Crippen LogP contribution in [0.5, 0.6) is 0 Å². The number of rotatable bonds is 7. The number of carbonyl (C=O) groups excluding carboxylic acids is 1. The molecule has 1 aromatic carbocycles. The molecule has 0 saturated heterocycles. The molecule has 2 N–H and O–H groups in total. The Morgan fingerprint density at radius 2 is 1.91 bits per heavy atom. The van der Waals surface area contributed by atoms with Gasteiger partial charge in [-0.25, -0.2) is 0 Å². The molecule has 1 aromatic rings. The Balaban J connectivity index is 0.00000242. The largest absolute Gasteiger partial charge is 0.389 e. The van der Waals surface area contributed by atoms with E-state index in [1.54, 1.807) is 24.3 Å². The van der Waals surface area contributed by atoms with Gasteiger partial charge in [0, 0.05) is 12.1 Å². The van der Waals surface area contributed by atoms with Gasteiger partial charge < -0.3 is 10.6 Å². The Morgan fingerprint density at radius 3 is 2.55 bits per heavy atom. The summed E-state index contributed by atoms with van der Waals surface area (Å²) in [5.74, 6) is 0.451. The molecule has 1 aliphatic rings. The molecule has 0 radical (unpaired) electrons. The van der Waals surface area contributed by atoms with E-state index in [0.717, 1.165) is 6.54 Å². The van der Waals surface area contributed by atoms with Gasteiger partial charge in [0.1, 0.15) is 0 Å². The number of amides is 1. The average Bonchev–Trinajstić information content (AvgIpc) is 3.21. The van der Waals surface area contributed by atoms with Gasteiger partial charge in [0.2, 0.25) is 5.91 Å². The quantitative estimate of drug-likeness (QED) is 0.799. The molecule has 1 saturated carbocycles. The topological polar surface area (TPSA) is 41.1 Å². The van der Waals surface area contributed by atoms with Crippen molar-refractivity contribution < 1.29 is 18.0 Å². The molecule has 22 heavy (non-hydrogen) atoms. The highest BCUT2D eigenvalue weighted by Crippen LogP contribution is 2.27. The van der Waals surface area contributed by atoms with E-state index in [-0.39, 0.29) is 31.3 Å². The Hall–Kier alpha value is -1.27. The van der Waals surface area contributed by atoms with Crippen LogP contribution in [0.15, 0.2) is 24.3 Å². The number of carbonyl (C=O) groups is 1. The zero-order valence-electron chi connectivity index (χ0n) is 12.1. The number of benzene rings is 1. The van der Waals surface area contributed by atoms with E-state index >= 15 is 0 Å². The molecule has 2 rings (SSSR count). The fourth-order valence-electron chi connectivity index (χ4n) is 2.04. The van der Waals surface area contributed by atoms with Crippen LogP contribution in [-0.2, 0) is 11.2 Å². The summed E-state index contributed by atoms with van der Waals surface area (Å²) in [6.07, 6.45) is -2.80. The van der Waals surface area contributed by atoms with Gasteiger partial charge in [-0.1, -0.05) is 18.2 Å². The fourth-order valence-corrected chi connectivity index (χ4v) is 2.04. The molecule has 0 heterocycles. The number of aryl methyl sites for hydroxylation is 1. The van der Waals surface area contributed by atoms with Crippen molar-refractivity contribution in [1.29, 1.82) is 0 Å². The van der Waals surface area contributed by atoms with Crippen molar-refractivity contribution >= 4 is 24.0 Å². The van der Waals surface area contributed by atoms with Gasteiger partial charge >= 0.3 is 6.18 Å². The first kappa shape index (κ1) is 18.8. The van der Waals surface area contributed by atoms with Gasteiger partial charge in [-0.05, 0) is 43.4 Å². The first-order chi connectivity index (χ1) is 9.94. The maximum absolute atomic E-state index is 12.3. The summed E-state index contributed by atoms with van der Waals surface area (Å²) < 4.78 is 36.9. The lowest BCUT2D eigenvalue weighted by Gasteiger charge is -2.12. The monoisotopic (exact) mass is 336 g/mol. The van der Waals surface area contributed by atoms with Crippen LogP contribution in [0, 0.1) is 5.92 Å². The highest BCUT2D eigenvalue weighted by atomic mass is 35.5. The summed E-state index contributed by atoms with van der Waals surface area (Å²) in [6, 6.07) is 6.61. The third-order valence-corrected chi connectivity index (χ3v) is 3.38. The molecule has 0 aromatic heterocycles. The van der Waals surface area contributed by atoms with Crippen LogP contribution in [0.1, 0.15) is 24.8 Å². The number of nitrogens with one attached hydrogen (secondary N) is 2. The average molecular weight is 337 g/mol. The molecule has 124 valence electrons. The Morgan fingerprint density at radius 1 is 1.23 bits per heavy atom. The van der Waals surface area contributed by atoms with E-state index < -0.39 is 12.6 Å². The van der Waals surface area contributed by atoms with Gasteiger partial charge in [-0.3, -0.25) is 4.79 Å². The summed E-state index contributed by atoms with van der Waals surface area (Å²) in [5.41, 5.74) is 0.963. The first-order valence-electron chi connectivity index (χ1n) is 7.09. The van der Waals surface area contributed by atoms with Crippen molar-refractivity contribution in [3.05, 3.63) is 29.8 Å². The van der Waals surface area contributed by atoms with Crippen molar-refractivity contribution in [3.63, 3.8) is 0 Å². The highest BCUT2D eigenvalue weighted by Gasteiger charge is 2.27. The number of anilines is 1. The molecule has 1 aliphatic carbocycles. The van der Waals surface area contributed by atoms with E-state index in [2.05, 4.69) is 10.6 Å². The molecule has 0 aliphatic heterocycles. The molecule has 0 atom stereocenters. The summed E-state index contributed by atoms with van der Waals surface area (Å²) >= 11 is 0.